The Morgan fingerprint density at radius 1 is 1.28 bits per heavy atom. The number of anilines is 1. The lowest BCUT2D eigenvalue weighted by Crippen LogP contribution is -2.52. The molecule has 1 aromatic heterocycles. The molecule has 3 rings (SSSR count). The highest BCUT2D eigenvalue weighted by Crippen LogP contribution is 2.21. The maximum atomic E-state index is 12.7. The predicted molar refractivity (Wildman–Crippen MR) is 101 cm³/mol. The van der Waals surface area contributed by atoms with Crippen LogP contribution in [0.1, 0.15) is 13.3 Å². The molecule has 1 saturated heterocycles. The van der Waals surface area contributed by atoms with Gasteiger partial charge in [-0.15, -0.1) is 12.3 Å². The van der Waals surface area contributed by atoms with E-state index in [1.54, 1.807) is 6.20 Å². The van der Waals surface area contributed by atoms with Crippen LogP contribution in [0.15, 0.2) is 36.5 Å². The zero-order valence-electron chi connectivity index (χ0n) is 14.6. The summed E-state index contributed by atoms with van der Waals surface area (Å²) in [7, 11) is 0. The molecule has 0 unspecified atom stereocenters. The van der Waals surface area contributed by atoms with Crippen LogP contribution in [0, 0.1) is 12.3 Å². The normalized spacial score (nSPS) is 17.1. The van der Waals surface area contributed by atoms with Gasteiger partial charge in [-0.25, -0.2) is 0 Å². The summed E-state index contributed by atoms with van der Waals surface area (Å²) in [6.07, 6.45) is 7.87. The van der Waals surface area contributed by atoms with Crippen molar-refractivity contribution in [2.24, 2.45) is 0 Å². The third-order valence-corrected chi connectivity index (χ3v) is 4.81. The van der Waals surface area contributed by atoms with E-state index in [2.05, 4.69) is 26.0 Å². The van der Waals surface area contributed by atoms with Crippen LogP contribution >= 0.6 is 0 Å². The second-order valence-electron chi connectivity index (χ2n) is 6.37. The van der Waals surface area contributed by atoms with Crippen LogP contribution in [-0.4, -0.2) is 59.5 Å². The highest BCUT2D eigenvalue weighted by molar-refractivity contribution is 6.02. The first-order valence-electron chi connectivity index (χ1n) is 8.73. The predicted octanol–water partition coefficient (Wildman–Crippen LogP) is 2.20. The molecule has 5 nitrogen and oxygen atoms in total. The molecule has 0 bridgehead atoms. The number of nitrogens with zero attached hydrogens (tertiary/aromatic N) is 3. The summed E-state index contributed by atoms with van der Waals surface area (Å²) in [5.74, 6) is 2.71. The second-order valence-corrected chi connectivity index (χ2v) is 6.37. The standard InChI is InChI=1S/C20H24N4O/c1-3-4-11-23-12-14-24(15-13-23)16(2)20(25)22-19-9-5-8-18-17(19)7-6-10-21-18/h1,5-10,16H,4,11-15H2,2H3,(H,22,25)/t16-/m1/s1. The van der Waals surface area contributed by atoms with Gasteiger partial charge in [-0.1, -0.05) is 6.07 Å². The van der Waals surface area contributed by atoms with Gasteiger partial charge in [0.15, 0.2) is 0 Å². The van der Waals surface area contributed by atoms with Crippen LogP contribution in [0.5, 0.6) is 0 Å². The maximum absolute atomic E-state index is 12.7. The molecule has 1 atom stereocenters. The monoisotopic (exact) mass is 336 g/mol. The first kappa shape index (κ1) is 17.4. The summed E-state index contributed by atoms with van der Waals surface area (Å²) in [4.78, 5) is 21.6. The Hall–Kier alpha value is -2.42. The van der Waals surface area contributed by atoms with E-state index in [0.717, 1.165) is 55.7 Å². The summed E-state index contributed by atoms with van der Waals surface area (Å²) in [6, 6.07) is 9.49. The van der Waals surface area contributed by atoms with E-state index in [0.29, 0.717) is 0 Å². The lowest BCUT2D eigenvalue weighted by Gasteiger charge is -2.37. The molecule has 0 saturated carbocycles. The Morgan fingerprint density at radius 2 is 2.08 bits per heavy atom. The van der Waals surface area contributed by atoms with Crippen LogP contribution in [0.2, 0.25) is 0 Å². The van der Waals surface area contributed by atoms with Gasteiger partial charge in [0.05, 0.1) is 17.2 Å². The number of aromatic nitrogens is 1. The molecular formula is C20H24N4O. The number of carbonyl (C=O) groups excluding carboxylic acids is 1. The van der Waals surface area contributed by atoms with Crippen molar-refractivity contribution in [1.82, 2.24) is 14.8 Å². The van der Waals surface area contributed by atoms with Gasteiger partial charge in [0.1, 0.15) is 0 Å². The van der Waals surface area contributed by atoms with Crippen LogP contribution in [0.3, 0.4) is 0 Å². The highest BCUT2D eigenvalue weighted by atomic mass is 16.2. The minimum atomic E-state index is -0.165. The van der Waals surface area contributed by atoms with E-state index in [9.17, 15) is 4.79 Å². The fourth-order valence-electron chi connectivity index (χ4n) is 3.21. The lowest BCUT2D eigenvalue weighted by molar-refractivity contribution is -0.121. The quantitative estimate of drug-likeness (QED) is 0.851. The number of fused-ring (bicyclic) bond motifs is 1. The van der Waals surface area contributed by atoms with Crippen LogP contribution in [0.25, 0.3) is 10.9 Å². The van der Waals surface area contributed by atoms with Crippen molar-refractivity contribution in [2.75, 3.05) is 38.0 Å². The molecule has 1 N–H and O–H groups in total. The molecule has 25 heavy (non-hydrogen) atoms. The number of amides is 1. The molecule has 5 heteroatoms. The summed E-state index contributed by atoms with van der Waals surface area (Å²) in [5.41, 5.74) is 1.70. The number of carbonyl (C=O) groups is 1. The fourth-order valence-corrected chi connectivity index (χ4v) is 3.21. The Kier molecular flexibility index (Phi) is 5.64. The van der Waals surface area contributed by atoms with Gasteiger partial charge in [-0.05, 0) is 31.2 Å². The number of terminal acetylenes is 1. The van der Waals surface area contributed by atoms with Gasteiger partial charge >= 0.3 is 0 Å². The summed E-state index contributed by atoms with van der Waals surface area (Å²) in [6.45, 7) is 6.59. The zero-order chi connectivity index (χ0) is 17.6. The van der Waals surface area contributed by atoms with E-state index in [1.165, 1.54) is 0 Å². The van der Waals surface area contributed by atoms with Crippen LogP contribution in [0.4, 0.5) is 5.69 Å². The van der Waals surface area contributed by atoms with Gasteiger partial charge in [-0.2, -0.15) is 0 Å². The van der Waals surface area contributed by atoms with Crippen molar-refractivity contribution in [1.29, 1.82) is 0 Å². The summed E-state index contributed by atoms with van der Waals surface area (Å²) < 4.78 is 0. The molecule has 0 aliphatic carbocycles. The number of pyridine rings is 1. The molecular weight excluding hydrogens is 312 g/mol. The number of rotatable bonds is 5. The van der Waals surface area contributed by atoms with E-state index >= 15 is 0 Å². The van der Waals surface area contributed by atoms with Crippen molar-refractivity contribution in [3.63, 3.8) is 0 Å². The number of benzene rings is 1. The molecule has 1 aromatic carbocycles. The van der Waals surface area contributed by atoms with Gasteiger partial charge in [0, 0.05) is 50.7 Å². The molecule has 1 amide bonds. The molecule has 1 fully saturated rings. The van der Waals surface area contributed by atoms with Gasteiger partial charge in [0.2, 0.25) is 5.91 Å². The zero-order valence-corrected chi connectivity index (χ0v) is 14.6. The Bertz CT molecular complexity index is 769. The average molecular weight is 336 g/mol. The molecule has 130 valence electrons. The van der Waals surface area contributed by atoms with E-state index < -0.39 is 0 Å². The van der Waals surface area contributed by atoms with E-state index in [-0.39, 0.29) is 11.9 Å². The summed E-state index contributed by atoms with van der Waals surface area (Å²) in [5, 5.41) is 4.03. The third-order valence-electron chi connectivity index (χ3n) is 4.81. The van der Waals surface area contributed by atoms with Crippen LogP contribution in [-0.2, 0) is 4.79 Å². The smallest absolute Gasteiger partial charge is 0.241 e. The largest absolute Gasteiger partial charge is 0.324 e. The molecule has 1 aliphatic rings. The first-order valence-corrected chi connectivity index (χ1v) is 8.73. The van der Waals surface area contributed by atoms with Crippen molar-refractivity contribution >= 4 is 22.5 Å². The van der Waals surface area contributed by atoms with Crippen molar-refractivity contribution in [3.8, 4) is 12.3 Å². The number of nitrogens with one attached hydrogen (secondary N) is 1. The fraction of sp³-hybridized carbons (Fsp3) is 0.400. The number of hydrogen-bond acceptors (Lipinski definition) is 4. The molecule has 0 spiro atoms. The van der Waals surface area contributed by atoms with Crippen molar-refractivity contribution in [3.05, 3.63) is 36.5 Å². The molecule has 2 aromatic rings. The molecule has 0 radical (unpaired) electrons. The van der Waals surface area contributed by atoms with Gasteiger partial charge in [0.25, 0.3) is 0 Å². The topological polar surface area (TPSA) is 48.5 Å². The van der Waals surface area contributed by atoms with Gasteiger partial charge in [-0.3, -0.25) is 19.6 Å². The first-order chi connectivity index (χ1) is 12.2. The number of piperazine rings is 1. The number of hydrogen-bond donors (Lipinski definition) is 1. The molecule has 2 heterocycles. The maximum Gasteiger partial charge on any atom is 0.241 e. The van der Waals surface area contributed by atoms with Gasteiger partial charge < -0.3 is 5.32 Å². The Balaban J connectivity index is 1.61. The van der Waals surface area contributed by atoms with E-state index in [4.69, 9.17) is 6.42 Å². The summed E-state index contributed by atoms with van der Waals surface area (Å²) >= 11 is 0. The minimum Gasteiger partial charge on any atom is -0.324 e. The highest BCUT2D eigenvalue weighted by Gasteiger charge is 2.25. The second kappa shape index (κ2) is 8.11. The molecule has 1 aliphatic heterocycles. The SMILES string of the molecule is C#CCCN1CCN([C@H](C)C(=O)Nc2cccc3ncccc23)CC1. The lowest BCUT2D eigenvalue weighted by atomic mass is 10.1. The van der Waals surface area contributed by atoms with E-state index in [1.807, 2.05) is 37.3 Å². The van der Waals surface area contributed by atoms with Crippen molar-refractivity contribution in [2.45, 2.75) is 19.4 Å². The minimum absolute atomic E-state index is 0.0217. The Morgan fingerprint density at radius 3 is 2.84 bits per heavy atom. The third kappa shape index (κ3) is 4.16. The average Bonchev–Trinajstić information content (AvgIpc) is 2.66. The van der Waals surface area contributed by atoms with Crippen LogP contribution < -0.4 is 5.32 Å². The Labute approximate surface area is 149 Å². The van der Waals surface area contributed by atoms with Crippen molar-refractivity contribution < 1.29 is 4.79 Å².